The molecule has 0 fully saturated rings. The van der Waals surface area contributed by atoms with Crippen molar-refractivity contribution in [3.8, 4) is 5.75 Å². The van der Waals surface area contributed by atoms with Crippen LogP contribution in [0.2, 0.25) is 5.02 Å². The second kappa shape index (κ2) is 5.07. The van der Waals surface area contributed by atoms with Crippen molar-refractivity contribution in [3.05, 3.63) is 28.3 Å². The van der Waals surface area contributed by atoms with Gasteiger partial charge in [-0.05, 0) is 24.1 Å². The number of hydrogen-bond acceptors (Lipinski definition) is 3. The molecule has 0 aromatic heterocycles. The zero-order valence-electron chi connectivity index (χ0n) is 9.96. The maximum atomic E-state index is 12.1. The van der Waals surface area contributed by atoms with Gasteiger partial charge in [-0.1, -0.05) is 11.6 Å². The Morgan fingerprint density at radius 2 is 2.12 bits per heavy atom. The van der Waals surface area contributed by atoms with Crippen LogP contribution < -0.4 is 4.74 Å². The number of fused-ring (bicyclic) bond motifs is 1. The molecule has 4 heteroatoms. The fourth-order valence-corrected chi connectivity index (χ4v) is 2.46. The van der Waals surface area contributed by atoms with Crippen LogP contribution in [0.4, 0.5) is 0 Å². The van der Waals surface area contributed by atoms with Gasteiger partial charge in [-0.25, -0.2) is 0 Å². The van der Waals surface area contributed by atoms with Gasteiger partial charge in [0, 0.05) is 25.0 Å². The third kappa shape index (κ3) is 2.31. The normalized spacial score (nSPS) is 19.7. The van der Waals surface area contributed by atoms with Crippen molar-refractivity contribution in [2.24, 2.45) is 0 Å². The van der Waals surface area contributed by atoms with Crippen LogP contribution in [0, 0.1) is 0 Å². The molecule has 0 spiro atoms. The first-order chi connectivity index (χ1) is 8.17. The van der Waals surface area contributed by atoms with Crippen LogP contribution >= 0.6 is 11.6 Å². The van der Waals surface area contributed by atoms with Crippen molar-refractivity contribution in [3.63, 3.8) is 0 Å². The third-order valence-electron chi connectivity index (χ3n) is 3.17. The molecular weight excluding hydrogens is 240 g/mol. The summed E-state index contributed by atoms with van der Waals surface area (Å²) in [5.41, 5.74) is 1.47. The maximum absolute atomic E-state index is 12.1. The molecule has 2 rings (SSSR count). The molecule has 1 aromatic carbocycles. The van der Waals surface area contributed by atoms with Gasteiger partial charge in [0.15, 0.2) is 5.78 Å². The van der Waals surface area contributed by atoms with Crippen molar-refractivity contribution < 1.29 is 14.3 Å². The molecule has 17 heavy (non-hydrogen) atoms. The fraction of sp³-hybridized carbons (Fsp3) is 0.462. The zero-order valence-corrected chi connectivity index (χ0v) is 10.7. The predicted molar refractivity (Wildman–Crippen MR) is 66.1 cm³/mol. The van der Waals surface area contributed by atoms with E-state index >= 15 is 0 Å². The number of hydrogen-bond donors (Lipinski definition) is 0. The van der Waals surface area contributed by atoms with E-state index in [9.17, 15) is 4.79 Å². The van der Waals surface area contributed by atoms with Crippen molar-refractivity contribution in [2.75, 3.05) is 14.2 Å². The Kier molecular flexibility index (Phi) is 3.69. The monoisotopic (exact) mass is 254 g/mol. The van der Waals surface area contributed by atoms with Gasteiger partial charge in [0.05, 0.1) is 18.8 Å². The number of carbonyl (C=O) groups excluding carboxylic acids is 1. The Morgan fingerprint density at radius 1 is 1.35 bits per heavy atom. The number of benzene rings is 1. The molecule has 0 amide bonds. The second-order valence-electron chi connectivity index (χ2n) is 4.13. The van der Waals surface area contributed by atoms with Gasteiger partial charge < -0.3 is 9.47 Å². The fourth-order valence-electron chi connectivity index (χ4n) is 2.22. The molecule has 1 unspecified atom stereocenters. The second-order valence-corrected chi connectivity index (χ2v) is 4.53. The highest BCUT2D eigenvalue weighted by atomic mass is 35.5. The minimum absolute atomic E-state index is 0.0461. The van der Waals surface area contributed by atoms with Crippen LogP contribution in [-0.2, 0) is 11.2 Å². The highest BCUT2D eigenvalue weighted by molar-refractivity contribution is 6.32. The van der Waals surface area contributed by atoms with E-state index in [1.807, 2.05) is 0 Å². The van der Waals surface area contributed by atoms with Crippen molar-refractivity contribution in [2.45, 2.75) is 25.4 Å². The number of ketones is 1. The van der Waals surface area contributed by atoms with Gasteiger partial charge in [-0.3, -0.25) is 4.79 Å². The number of halogens is 1. The smallest absolute Gasteiger partial charge is 0.167 e. The van der Waals surface area contributed by atoms with Crippen LogP contribution in [0.25, 0.3) is 0 Å². The van der Waals surface area contributed by atoms with E-state index in [2.05, 4.69) is 0 Å². The minimum Gasteiger partial charge on any atom is -0.496 e. The molecule has 0 saturated carbocycles. The number of carbonyl (C=O) groups is 1. The standard InChI is InChI=1S/C13H15ClO3/c1-16-8-3-5-11(15)13-9(7-8)10(14)4-6-12(13)17-2/h4,6,8H,3,5,7H2,1-2H3. The summed E-state index contributed by atoms with van der Waals surface area (Å²) in [6.07, 6.45) is 1.91. The van der Waals surface area contributed by atoms with E-state index in [0.717, 1.165) is 12.0 Å². The van der Waals surface area contributed by atoms with E-state index in [1.165, 1.54) is 0 Å². The van der Waals surface area contributed by atoms with Gasteiger partial charge in [0.1, 0.15) is 5.75 Å². The van der Waals surface area contributed by atoms with E-state index in [0.29, 0.717) is 29.2 Å². The van der Waals surface area contributed by atoms with Gasteiger partial charge in [0.25, 0.3) is 0 Å². The van der Waals surface area contributed by atoms with E-state index in [4.69, 9.17) is 21.1 Å². The lowest BCUT2D eigenvalue weighted by Crippen LogP contribution is -2.12. The molecule has 1 aliphatic rings. The first-order valence-electron chi connectivity index (χ1n) is 5.58. The summed E-state index contributed by atoms with van der Waals surface area (Å²) >= 11 is 6.17. The molecule has 0 bridgehead atoms. The Hall–Kier alpha value is -1.06. The van der Waals surface area contributed by atoms with Crippen LogP contribution in [0.15, 0.2) is 12.1 Å². The minimum atomic E-state index is 0.0461. The number of Topliss-reactive ketones (excluding diaryl/α,β-unsaturated/α-hetero) is 1. The predicted octanol–water partition coefficient (Wildman–Crippen LogP) is 2.88. The van der Waals surface area contributed by atoms with Crippen LogP contribution in [-0.4, -0.2) is 26.1 Å². The summed E-state index contributed by atoms with van der Waals surface area (Å²) in [4.78, 5) is 12.1. The third-order valence-corrected chi connectivity index (χ3v) is 3.53. The van der Waals surface area contributed by atoms with Crippen molar-refractivity contribution in [1.82, 2.24) is 0 Å². The Balaban J connectivity index is 2.54. The van der Waals surface area contributed by atoms with Gasteiger partial charge in [-0.15, -0.1) is 0 Å². The van der Waals surface area contributed by atoms with E-state index in [-0.39, 0.29) is 11.9 Å². The highest BCUT2D eigenvalue weighted by Gasteiger charge is 2.26. The van der Waals surface area contributed by atoms with E-state index in [1.54, 1.807) is 26.4 Å². The average Bonchev–Trinajstić information content (AvgIpc) is 2.51. The lowest BCUT2D eigenvalue weighted by molar-refractivity contribution is 0.0852. The molecule has 0 radical (unpaired) electrons. The van der Waals surface area contributed by atoms with Gasteiger partial charge in [-0.2, -0.15) is 0 Å². The van der Waals surface area contributed by atoms with Crippen LogP contribution in [0.5, 0.6) is 5.75 Å². The number of ether oxygens (including phenoxy) is 2. The molecule has 1 aromatic rings. The van der Waals surface area contributed by atoms with Gasteiger partial charge in [0.2, 0.25) is 0 Å². The topological polar surface area (TPSA) is 35.5 Å². The lowest BCUT2D eigenvalue weighted by Gasteiger charge is -2.14. The summed E-state index contributed by atoms with van der Waals surface area (Å²) in [5.74, 6) is 0.685. The first kappa shape index (κ1) is 12.4. The summed E-state index contributed by atoms with van der Waals surface area (Å²) in [6.45, 7) is 0. The van der Waals surface area contributed by atoms with Crippen LogP contribution in [0.3, 0.4) is 0 Å². The molecular formula is C13H15ClO3. The molecule has 1 aliphatic carbocycles. The Labute approximate surface area is 106 Å². The SMILES string of the molecule is COc1ccc(Cl)c2c1C(=O)CCC(OC)C2. The molecule has 3 nitrogen and oxygen atoms in total. The van der Waals surface area contributed by atoms with Crippen molar-refractivity contribution in [1.29, 1.82) is 0 Å². The summed E-state index contributed by atoms with van der Waals surface area (Å²) < 4.78 is 10.6. The molecule has 0 N–H and O–H groups in total. The summed E-state index contributed by atoms with van der Waals surface area (Å²) in [5, 5.41) is 0.609. The average molecular weight is 255 g/mol. The molecule has 92 valence electrons. The Morgan fingerprint density at radius 3 is 2.76 bits per heavy atom. The number of rotatable bonds is 2. The van der Waals surface area contributed by atoms with E-state index < -0.39 is 0 Å². The zero-order chi connectivity index (χ0) is 12.4. The highest BCUT2D eigenvalue weighted by Crippen LogP contribution is 2.34. The van der Waals surface area contributed by atoms with Gasteiger partial charge >= 0.3 is 0 Å². The van der Waals surface area contributed by atoms with Crippen LogP contribution in [0.1, 0.15) is 28.8 Å². The largest absolute Gasteiger partial charge is 0.496 e. The molecule has 0 saturated heterocycles. The molecule has 0 aliphatic heterocycles. The number of methoxy groups -OCH3 is 2. The lowest BCUT2D eigenvalue weighted by atomic mass is 10.0. The first-order valence-corrected chi connectivity index (χ1v) is 5.96. The Bertz CT molecular complexity index is 443. The van der Waals surface area contributed by atoms with Crippen molar-refractivity contribution >= 4 is 17.4 Å². The quantitative estimate of drug-likeness (QED) is 0.762. The molecule has 1 atom stereocenters. The molecule has 0 heterocycles. The maximum Gasteiger partial charge on any atom is 0.167 e. The summed E-state index contributed by atoms with van der Waals surface area (Å²) in [6, 6.07) is 3.51. The summed E-state index contributed by atoms with van der Waals surface area (Å²) in [7, 11) is 3.23.